The molecule has 0 bridgehead atoms. The summed E-state index contributed by atoms with van der Waals surface area (Å²) in [6.07, 6.45) is 2.33. The molecule has 0 aromatic carbocycles. The second-order valence-corrected chi connectivity index (χ2v) is 4.98. The predicted octanol–water partition coefficient (Wildman–Crippen LogP) is 1.36. The van der Waals surface area contributed by atoms with Gasteiger partial charge < -0.3 is 10.0 Å². The van der Waals surface area contributed by atoms with Crippen LogP contribution in [0.5, 0.6) is 0 Å². The number of pyridine rings is 1. The minimum Gasteiger partial charge on any atom is -0.480 e. The Balaban J connectivity index is 2.37. The summed E-state index contributed by atoms with van der Waals surface area (Å²) in [4.78, 5) is 24.9. The molecular weight excluding hydrogens is 272 g/mol. The maximum absolute atomic E-state index is 12.6. The zero-order chi connectivity index (χ0) is 15.6. The molecule has 21 heavy (non-hydrogen) atoms. The molecule has 0 aliphatic rings. The van der Waals surface area contributed by atoms with Gasteiger partial charge in [0, 0.05) is 12.2 Å². The van der Waals surface area contributed by atoms with Crippen molar-refractivity contribution in [3.05, 3.63) is 29.7 Å². The number of hydrogen-bond donors (Lipinski definition) is 1. The lowest BCUT2D eigenvalue weighted by Gasteiger charge is -2.27. The van der Waals surface area contributed by atoms with Gasteiger partial charge in [-0.1, -0.05) is 6.92 Å². The zero-order valence-electron chi connectivity index (χ0n) is 12.3. The van der Waals surface area contributed by atoms with E-state index in [9.17, 15) is 9.59 Å². The van der Waals surface area contributed by atoms with Gasteiger partial charge in [-0.05, 0) is 32.4 Å². The van der Waals surface area contributed by atoms with E-state index < -0.39 is 5.97 Å². The topological polar surface area (TPSA) is 87.8 Å². The van der Waals surface area contributed by atoms with Crippen molar-refractivity contribution < 1.29 is 14.7 Å². The van der Waals surface area contributed by atoms with Gasteiger partial charge in [-0.15, -0.1) is 10.2 Å². The van der Waals surface area contributed by atoms with E-state index in [1.807, 2.05) is 13.8 Å². The van der Waals surface area contributed by atoms with Crippen molar-refractivity contribution in [2.24, 2.45) is 0 Å². The van der Waals surface area contributed by atoms with Crippen LogP contribution in [0, 0.1) is 6.92 Å². The van der Waals surface area contributed by atoms with Crippen LogP contribution < -0.4 is 0 Å². The van der Waals surface area contributed by atoms with Crippen molar-refractivity contribution in [2.75, 3.05) is 6.54 Å². The maximum atomic E-state index is 12.6. The van der Waals surface area contributed by atoms with Crippen LogP contribution >= 0.6 is 0 Å². The van der Waals surface area contributed by atoms with Crippen molar-refractivity contribution >= 4 is 17.5 Å². The Kier molecular flexibility index (Phi) is 4.21. The molecule has 112 valence electrons. The number of carbonyl (C=O) groups is 2. The molecular formula is C14H18N4O3. The minimum absolute atomic E-state index is 0.147. The molecule has 0 saturated carbocycles. The Hall–Kier alpha value is -2.44. The van der Waals surface area contributed by atoms with Crippen LogP contribution in [0.25, 0.3) is 5.65 Å². The summed E-state index contributed by atoms with van der Waals surface area (Å²) in [5.74, 6) is -0.653. The third-order valence-corrected chi connectivity index (χ3v) is 3.51. The summed E-state index contributed by atoms with van der Waals surface area (Å²) < 4.78 is 1.71. The number of carboxylic acids is 1. The lowest BCUT2D eigenvalue weighted by atomic mass is 10.1. The second-order valence-electron chi connectivity index (χ2n) is 4.98. The zero-order valence-corrected chi connectivity index (χ0v) is 12.3. The molecule has 2 heterocycles. The number of rotatable bonds is 5. The van der Waals surface area contributed by atoms with Gasteiger partial charge in [0.25, 0.3) is 5.91 Å². The maximum Gasteiger partial charge on any atom is 0.323 e. The molecule has 2 rings (SSSR count). The summed E-state index contributed by atoms with van der Waals surface area (Å²) in [5.41, 5.74) is 1.07. The van der Waals surface area contributed by atoms with Crippen LogP contribution in [0.3, 0.4) is 0 Å². The van der Waals surface area contributed by atoms with Crippen molar-refractivity contribution in [3.63, 3.8) is 0 Å². The third kappa shape index (κ3) is 3.01. The van der Waals surface area contributed by atoms with Gasteiger partial charge in [-0.25, -0.2) is 0 Å². The number of amides is 1. The van der Waals surface area contributed by atoms with E-state index in [1.165, 1.54) is 4.90 Å². The van der Waals surface area contributed by atoms with E-state index >= 15 is 0 Å². The minimum atomic E-state index is -1.02. The van der Waals surface area contributed by atoms with E-state index in [-0.39, 0.29) is 18.5 Å². The molecule has 0 aliphatic heterocycles. The summed E-state index contributed by atoms with van der Waals surface area (Å²) in [6.45, 7) is 5.23. The first-order valence-corrected chi connectivity index (χ1v) is 6.78. The highest BCUT2D eigenvalue weighted by Gasteiger charge is 2.23. The molecule has 0 fully saturated rings. The van der Waals surface area contributed by atoms with Crippen molar-refractivity contribution in [2.45, 2.75) is 33.2 Å². The van der Waals surface area contributed by atoms with Gasteiger partial charge >= 0.3 is 5.97 Å². The molecule has 7 nitrogen and oxygen atoms in total. The normalized spacial score (nSPS) is 12.3. The molecule has 0 saturated heterocycles. The molecule has 1 N–H and O–H groups in total. The average molecular weight is 290 g/mol. The lowest BCUT2D eigenvalue weighted by molar-refractivity contribution is -0.138. The van der Waals surface area contributed by atoms with Gasteiger partial charge in [0.2, 0.25) is 0 Å². The smallest absolute Gasteiger partial charge is 0.323 e. The highest BCUT2D eigenvalue weighted by Crippen LogP contribution is 2.13. The number of carbonyl (C=O) groups excluding carboxylic acids is 1. The van der Waals surface area contributed by atoms with Crippen molar-refractivity contribution in [3.8, 4) is 0 Å². The van der Waals surface area contributed by atoms with Gasteiger partial charge in [0.05, 0.1) is 5.56 Å². The SMILES string of the molecule is CCC(C)N(CC(=O)O)C(=O)c1ccc2nnc(C)n2c1. The summed E-state index contributed by atoms with van der Waals surface area (Å²) in [7, 11) is 0. The van der Waals surface area contributed by atoms with Crippen LogP contribution in [0.1, 0.15) is 36.5 Å². The van der Waals surface area contributed by atoms with E-state index in [0.29, 0.717) is 23.5 Å². The Labute approximate surface area is 122 Å². The van der Waals surface area contributed by atoms with Crippen molar-refractivity contribution in [1.82, 2.24) is 19.5 Å². The molecule has 1 atom stereocenters. The Bertz CT molecular complexity index is 680. The number of aromatic nitrogens is 3. The van der Waals surface area contributed by atoms with Crippen LogP contribution in [0.15, 0.2) is 18.3 Å². The van der Waals surface area contributed by atoms with Crippen LogP contribution in [-0.2, 0) is 4.79 Å². The van der Waals surface area contributed by atoms with E-state index in [2.05, 4.69) is 10.2 Å². The first-order chi connectivity index (χ1) is 9.93. The van der Waals surface area contributed by atoms with E-state index in [0.717, 1.165) is 0 Å². The van der Waals surface area contributed by atoms with Crippen LogP contribution in [0.2, 0.25) is 0 Å². The highest BCUT2D eigenvalue weighted by molar-refractivity contribution is 5.96. The van der Waals surface area contributed by atoms with E-state index in [4.69, 9.17) is 5.11 Å². The average Bonchev–Trinajstić information content (AvgIpc) is 2.84. The molecule has 0 radical (unpaired) electrons. The van der Waals surface area contributed by atoms with Gasteiger partial charge in [-0.2, -0.15) is 0 Å². The first-order valence-electron chi connectivity index (χ1n) is 6.78. The molecule has 2 aromatic rings. The number of aliphatic carboxylic acids is 1. The first kappa shape index (κ1) is 15.0. The van der Waals surface area contributed by atoms with Gasteiger partial charge in [0.1, 0.15) is 12.4 Å². The number of hydrogen-bond acceptors (Lipinski definition) is 4. The Morgan fingerprint density at radius 2 is 2.10 bits per heavy atom. The van der Waals surface area contributed by atoms with E-state index in [1.54, 1.807) is 29.7 Å². The summed E-state index contributed by atoms with van der Waals surface area (Å²) in [6, 6.07) is 3.19. The monoisotopic (exact) mass is 290 g/mol. The standard InChI is InChI=1S/C14H18N4O3/c1-4-9(2)17(8-13(19)20)14(21)11-5-6-12-16-15-10(3)18(12)7-11/h5-7,9H,4,8H2,1-3H3,(H,19,20). The number of fused-ring (bicyclic) bond motifs is 1. The fourth-order valence-corrected chi connectivity index (χ4v) is 2.09. The number of aryl methyl sites for hydroxylation is 1. The number of nitrogens with zero attached hydrogens (tertiary/aromatic N) is 4. The fraction of sp³-hybridized carbons (Fsp3) is 0.429. The predicted molar refractivity (Wildman–Crippen MR) is 76.1 cm³/mol. The Morgan fingerprint density at radius 1 is 1.38 bits per heavy atom. The quantitative estimate of drug-likeness (QED) is 0.898. The molecule has 0 spiro atoms. The highest BCUT2D eigenvalue weighted by atomic mass is 16.4. The van der Waals surface area contributed by atoms with Crippen LogP contribution in [0.4, 0.5) is 0 Å². The number of carboxylic acid groups (broad SMARTS) is 1. The summed E-state index contributed by atoms with van der Waals surface area (Å²) in [5, 5.41) is 16.9. The molecule has 7 heteroatoms. The third-order valence-electron chi connectivity index (χ3n) is 3.51. The van der Waals surface area contributed by atoms with Gasteiger partial charge in [0.15, 0.2) is 5.65 Å². The fourth-order valence-electron chi connectivity index (χ4n) is 2.09. The molecule has 2 aromatic heterocycles. The van der Waals surface area contributed by atoms with Crippen molar-refractivity contribution in [1.29, 1.82) is 0 Å². The van der Waals surface area contributed by atoms with Crippen LogP contribution in [-0.4, -0.2) is 49.1 Å². The molecule has 1 unspecified atom stereocenters. The lowest BCUT2D eigenvalue weighted by Crippen LogP contribution is -2.41. The Morgan fingerprint density at radius 3 is 2.71 bits per heavy atom. The molecule has 1 amide bonds. The second kappa shape index (κ2) is 5.90. The molecule has 0 aliphatic carbocycles. The largest absolute Gasteiger partial charge is 0.480 e. The summed E-state index contributed by atoms with van der Waals surface area (Å²) >= 11 is 0. The van der Waals surface area contributed by atoms with Gasteiger partial charge in [-0.3, -0.25) is 14.0 Å².